The molecule has 3 aromatic rings. The molecule has 0 aromatic carbocycles. The van der Waals surface area contributed by atoms with Gasteiger partial charge in [0, 0.05) is 25.5 Å². The number of aromatic nitrogens is 4. The van der Waals surface area contributed by atoms with Gasteiger partial charge < -0.3 is 14.2 Å². The Hall–Kier alpha value is -3.17. The molecule has 0 spiro atoms. The van der Waals surface area contributed by atoms with Crippen LogP contribution in [-0.2, 0) is 5.41 Å². The van der Waals surface area contributed by atoms with E-state index in [0.717, 1.165) is 0 Å². The Labute approximate surface area is 158 Å². The van der Waals surface area contributed by atoms with Crippen LogP contribution in [0.15, 0.2) is 47.2 Å². The normalized spacial score (nSPS) is 19.8. The van der Waals surface area contributed by atoms with Crippen molar-refractivity contribution < 1.29 is 22.4 Å². The third-order valence-corrected chi connectivity index (χ3v) is 4.83. The Morgan fingerprint density at radius 3 is 2.68 bits per heavy atom. The van der Waals surface area contributed by atoms with Crippen molar-refractivity contribution in [3.63, 3.8) is 0 Å². The lowest BCUT2D eigenvalue weighted by molar-refractivity contribution is -0.191. The molecule has 0 aliphatic carbocycles. The van der Waals surface area contributed by atoms with Crippen LogP contribution in [0.3, 0.4) is 0 Å². The zero-order valence-electron chi connectivity index (χ0n) is 14.8. The SMILES string of the molecule is COc1ncccc1-c1noc(C2(C(F)(F)F)CCN(c3ccccn3)C2)n1. The van der Waals surface area contributed by atoms with E-state index < -0.39 is 17.5 Å². The average molecular weight is 391 g/mol. The number of pyridine rings is 2. The maximum Gasteiger partial charge on any atom is 0.405 e. The van der Waals surface area contributed by atoms with E-state index >= 15 is 0 Å². The van der Waals surface area contributed by atoms with Gasteiger partial charge in [-0.25, -0.2) is 9.97 Å². The van der Waals surface area contributed by atoms with Crippen LogP contribution in [0.25, 0.3) is 11.4 Å². The molecular formula is C18H16F3N5O2. The summed E-state index contributed by atoms with van der Waals surface area (Å²) in [5, 5.41) is 3.76. The number of nitrogens with zero attached hydrogens (tertiary/aromatic N) is 5. The summed E-state index contributed by atoms with van der Waals surface area (Å²) in [6, 6.07) is 8.34. The quantitative estimate of drug-likeness (QED) is 0.676. The molecule has 0 saturated carbocycles. The molecule has 1 atom stereocenters. The van der Waals surface area contributed by atoms with Gasteiger partial charge in [0.05, 0.1) is 12.7 Å². The van der Waals surface area contributed by atoms with Crippen molar-refractivity contribution in [3.8, 4) is 17.3 Å². The van der Waals surface area contributed by atoms with Gasteiger partial charge in [-0.1, -0.05) is 11.2 Å². The minimum atomic E-state index is -4.57. The standard InChI is InChI=1S/C18H16F3N5O2/c1-27-15-12(5-4-9-23-15)14-24-16(28-25-14)17(18(19,20)21)7-10-26(11-17)13-6-2-3-8-22-13/h2-6,8-9H,7,10-11H2,1H3. The van der Waals surface area contributed by atoms with E-state index in [1.807, 2.05) is 0 Å². The molecule has 1 fully saturated rings. The van der Waals surface area contributed by atoms with E-state index in [4.69, 9.17) is 9.26 Å². The molecular weight excluding hydrogens is 375 g/mol. The van der Waals surface area contributed by atoms with Gasteiger partial charge in [-0.05, 0) is 30.7 Å². The highest BCUT2D eigenvalue weighted by Gasteiger charge is 2.63. The van der Waals surface area contributed by atoms with E-state index in [0.29, 0.717) is 11.4 Å². The second kappa shape index (κ2) is 6.77. The number of rotatable bonds is 4. The summed E-state index contributed by atoms with van der Waals surface area (Å²) in [5.41, 5.74) is -1.91. The third-order valence-electron chi connectivity index (χ3n) is 4.83. The first-order valence-corrected chi connectivity index (χ1v) is 8.51. The highest BCUT2D eigenvalue weighted by molar-refractivity contribution is 5.60. The molecule has 1 saturated heterocycles. The first kappa shape index (κ1) is 18.2. The van der Waals surface area contributed by atoms with E-state index in [2.05, 4.69) is 20.1 Å². The van der Waals surface area contributed by atoms with Crippen LogP contribution < -0.4 is 9.64 Å². The van der Waals surface area contributed by atoms with Crippen molar-refractivity contribution in [1.29, 1.82) is 0 Å². The second-order valence-electron chi connectivity index (χ2n) is 6.42. The minimum Gasteiger partial charge on any atom is -0.480 e. The highest BCUT2D eigenvalue weighted by atomic mass is 19.4. The average Bonchev–Trinajstić information content (AvgIpc) is 3.36. The summed E-state index contributed by atoms with van der Waals surface area (Å²) < 4.78 is 52.6. The zero-order chi connectivity index (χ0) is 19.8. The molecule has 0 bridgehead atoms. The number of methoxy groups -OCH3 is 1. The van der Waals surface area contributed by atoms with Crippen LogP contribution in [0.4, 0.5) is 19.0 Å². The molecule has 0 radical (unpaired) electrons. The van der Waals surface area contributed by atoms with E-state index in [1.165, 1.54) is 13.3 Å². The van der Waals surface area contributed by atoms with Gasteiger partial charge >= 0.3 is 6.18 Å². The molecule has 4 rings (SSSR count). The maximum absolute atomic E-state index is 14.1. The largest absolute Gasteiger partial charge is 0.480 e. The van der Waals surface area contributed by atoms with Crippen molar-refractivity contribution in [1.82, 2.24) is 20.1 Å². The Kier molecular flexibility index (Phi) is 4.40. The molecule has 0 amide bonds. The molecule has 0 N–H and O–H groups in total. The smallest absolute Gasteiger partial charge is 0.405 e. The summed E-state index contributed by atoms with van der Waals surface area (Å²) in [6.07, 6.45) is -1.73. The number of anilines is 1. The molecule has 146 valence electrons. The minimum absolute atomic E-state index is 0.000129. The summed E-state index contributed by atoms with van der Waals surface area (Å²) >= 11 is 0. The Bertz CT molecular complexity index is 963. The molecule has 10 heteroatoms. The molecule has 1 aliphatic heterocycles. The van der Waals surface area contributed by atoms with Crippen molar-refractivity contribution in [3.05, 3.63) is 48.6 Å². The first-order chi connectivity index (χ1) is 13.4. The number of halogens is 3. The summed E-state index contributed by atoms with van der Waals surface area (Å²) in [7, 11) is 1.41. The van der Waals surface area contributed by atoms with E-state index in [9.17, 15) is 13.2 Å². The lowest BCUT2D eigenvalue weighted by atomic mass is 9.86. The lowest BCUT2D eigenvalue weighted by Gasteiger charge is -2.28. The molecule has 1 aliphatic rings. The number of alkyl halides is 3. The molecule has 1 unspecified atom stereocenters. The number of hydrogen-bond acceptors (Lipinski definition) is 7. The van der Waals surface area contributed by atoms with Crippen molar-refractivity contribution >= 4 is 5.82 Å². The van der Waals surface area contributed by atoms with Crippen LogP contribution >= 0.6 is 0 Å². The molecule has 28 heavy (non-hydrogen) atoms. The Morgan fingerprint density at radius 1 is 1.14 bits per heavy atom. The van der Waals surface area contributed by atoms with Gasteiger partial charge in [0.1, 0.15) is 5.82 Å². The van der Waals surface area contributed by atoms with Crippen LogP contribution in [0.1, 0.15) is 12.3 Å². The van der Waals surface area contributed by atoms with Gasteiger partial charge in [-0.2, -0.15) is 18.2 Å². The second-order valence-corrected chi connectivity index (χ2v) is 6.42. The Morgan fingerprint density at radius 2 is 1.96 bits per heavy atom. The molecule has 4 heterocycles. The third kappa shape index (κ3) is 2.94. The van der Waals surface area contributed by atoms with Crippen LogP contribution in [-0.4, -0.2) is 46.5 Å². The van der Waals surface area contributed by atoms with E-state index in [1.54, 1.807) is 41.4 Å². The molecule has 3 aromatic heterocycles. The van der Waals surface area contributed by atoms with Crippen LogP contribution in [0, 0.1) is 0 Å². The van der Waals surface area contributed by atoms with Gasteiger partial charge in [-0.3, -0.25) is 0 Å². The summed E-state index contributed by atoms with van der Waals surface area (Å²) in [5.74, 6) is 0.207. The molecule has 7 nitrogen and oxygen atoms in total. The highest BCUT2D eigenvalue weighted by Crippen LogP contribution is 2.48. The Balaban J connectivity index is 1.72. The number of hydrogen-bond donors (Lipinski definition) is 0. The van der Waals surface area contributed by atoms with Crippen molar-refractivity contribution in [2.75, 3.05) is 25.1 Å². The van der Waals surface area contributed by atoms with Gasteiger partial charge in [-0.15, -0.1) is 0 Å². The summed E-state index contributed by atoms with van der Waals surface area (Å²) in [6.45, 7) is -0.177. The fourth-order valence-electron chi connectivity index (χ4n) is 3.32. The predicted molar refractivity (Wildman–Crippen MR) is 92.9 cm³/mol. The van der Waals surface area contributed by atoms with Gasteiger partial charge in [0.25, 0.3) is 0 Å². The van der Waals surface area contributed by atoms with Crippen molar-refractivity contribution in [2.24, 2.45) is 0 Å². The van der Waals surface area contributed by atoms with Crippen LogP contribution in [0.5, 0.6) is 5.88 Å². The fraction of sp³-hybridized carbons (Fsp3) is 0.333. The number of ether oxygens (including phenoxy) is 1. The van der Waals surface area contributed by atoms with Gasteiger partial charge in [0.2, 0.25) is 17.6 Å². The monoisotopic (exact) mass is 391 g/mol. The van der Waals surface area contributed by atoms with Gasteiger partial charge in [0.15, 0.2) is 5.41 Å². The van der Waals surface area contributed by atoms with Crippen molar-refractivity contribution in [2.45, 2.75) is 18.0 Å². The predicted octanol–water partition coefficient (Wildman–Crippen LogP) is 3.25. The topological polar surface area (TPSA) is 77.2 Å². The summed E-state index contributed by atoms with van der Waals surface area (Å²) in [4.78, 5) is 13.8. The lowest BCUT2D eigenvalue weighted by Crippen LogP contribution is -2.45. The van der Waals surface area contributed by atoms with Crippen LogP contribution in [0.2, 0.25) is 0 Å². The maximum atomic E-state index is 14.1. The zero-order valence-corrected chi connectivity index (χ0v) is 14.8. The first-order valence-electron chi connectivity index (χ1n) is 8.51. The fourth-order valence-corrected chi connectivity index (χ4v) is 3.32. The van der Waals surface area contributed by atoms with E-state index in [-0.39, 0.29) is 31.2 Å².